The zero-order chi connectivity index (χ0) is 14.8. The summed E-state index contributed by atoms with van der Waals surface area (Å²) >= 11 is 0. The average Bonchev–Trinajstić information content (AvgIpc) is 2.87. The first-order valence-corrected chi connectivity index (χ1v) is 7.21. The smallest absolute Gasteiger partial charge is 0.252 e. The predicted molar refractivity (Wildman–Crippen MR) is 79.4 cm³/mol. The molecule has 0 bridgehead atoms. The van der Waals surface area contributed by atoms with Gasteiger partial charge in [-0.05, 0) is 48.8 Å². The van der Waals surface area contributed by atoms with Crippen molar-refractivity contribution in [3.05, 3.63) is 35.4 Å². The minimum atomic E-state index is -0.653. The van der Waals surface area contributed by atoms with Gasteiger partial charge in [0.05, 0.1) is 6.07 Å². The Labute approximate surface area is 121 Å². The second-order valence-corrected chi connectivity index (χ2v) is 6.68. The number of nitriles is 1. The van der Waals surface area contributed by atoms with Crippen molar-refractivity contribution in [1.29, 1.82) is 5.26 Å². The minimum absolute atomic E-state index is 0.0777. The first-order chi connectivity index (χ1) is 9.36. The van der Waals surface area contributed by atoms with Crippen molar-refractivity contribution in [3.63, 3.8) is 0 Å². The number of amides is 1. The molecule has 1 fully saturated rings. The summed E-state index contributed by atoms with van der Waals surface area (Å²) in [7, 11) is 0. The van der Waals surface area contributed by atoms with Crippen molar-refractivity contribution < 1.29 is 4.79 Å². The van der Waals surface area contributed by atoms with E-state index >= 15 is 0 Å². The van der Waals surface area contributed by atoms with Gasteiger partial charge in [-0.2, -0.15) is 5.26 Å². The summed E-state index contributed by atoms with van der Waals surface area (Å²) in [4.78, 5) is 12.3. The maximum Gasteiger partial charge on any atom is 0.252 e. The fourth-order valence-electron chi connectivity index (χ4n) is 2.65. The maximum absolute atomic E-state index is 12.3. The molecular formula is C17H22N2O. The molecule has 1 aliphatic carbocycles. The Morgan fingerprint density at radius 3 is 2.20 bits per heavy atom. The van der Waals surface area contributed by atoms with Gasteiger partial charge in [0.15, 0.2) is 0 Å². The Morgan fingerprint density at radius 1 is 1.20 bits per heavy atom. The summed E-state index contributed by atoms with van der Waals surface area (Å²) in [5.41, 5.74) is 1.25. The highest BCUT2D eigenvalue weighted by Gasteiger charge is 2.35. The number of nitrogens with zero attached hydrogens (tertiary/aromatic N) is 1. The van der Waals surface area contributed by atoms with E-state index in [9.17, 15) is 10.1 Å². The molecule has 0 spiro atoms. The molecule has 1 saturated carbocycles. The molecule has 1 N–H and O–H groups in total. The Bertz CT molecular complexity index is 526. The van der Waals surface area contributed by atoms with Gasteiger partial charge in [0, 0.05) is 5.56 Å². The summed E-state index contributed by atoms with van der Waals surface area (Å²) in [6.45, 7) is 6.43. The number of benzene rings is 1. The fourth-order valence-corrected chi connectivity index (χ4v) is 2.65. The predicted octanol–water partition coefficient (Wildman–Crippen LogP) is 3.55. The molecule has 0 saturated heterocycles. The zero-order valence-electron chi connectivity index (χ0n) is 12.5. The molecule has 3 nitrogen and oxygen atoms in total. The molecule has 3 heteroatoms. The van der Waals surface area contributed by atoms with Crippen molar-refractivity contribution in [2.75, 3.05) is 0 Å². The lowest BCUT2D eigenvalue weighted by Gasteiger charge is -2.23. The highest BCUT2D eigenvalue weighted by Crippen LogP contribution is 2.29. The van der Waals surface area contributed by atoms with Crippen LogP contribution >= 0.6 is 0 Å². The van der Waals surface area contributed by atoms with Gasteiger partial charge in [0.25, 0.3) is 5.91 Å². The molecule has 0 unspecified atom stereocenters. The molecular weight excluding hydrogens is 248 g/mol. The van der Waals surface area contributed by atoms with Crippen LogP contribution in [-0.2, 0) is 5.41 Å². The summed E-state index contributed by atoms with van der Waals surface area (Å²) in [6, 6.07) is 9.95. The highest BCUT2D eigenvalue weighted by atomic mass is 16.1. The molecule has 20 heavy (non-hydrogen) atoms. The Balaban J connectivity index is 2.12. The number of carbonyl (C=O) groups is 1. The van der Waals surface area contributed by atoms with Gasteiger partial charge in [-0.3, -0.25) is 4.79 Å². The molecule has 0 heterocycles. The van der Waals surface area contributed by atoms with E-state index in [1.807, 2.05) is 24.3 Å². The quantitative estimate of drug-likeness (QED) is 0.893. The molecule has 1 aliphatic rings. The van der Waals surface area contributed by atoms with Crippen LogP contribution in [0.3, 0.4) is 0 Å². The molecule has 106 valence electrons. The van der Waals surface area contributed by atoms with Crippen molar-refractivity contribution >= 4 is 5.91 Å². The van der Waals surface area contributed by atoms with Gasteiger partial charge in [0.1, 0.15) is 5.54 Å². The second kappa shape index (κ2) is 5.28. The van der Waals surface area contributed by atoms with Crippen LogP contribution in [0, 0.1) is 11.3 Å². The van der Waals surface area contributed by atoms with Crippen molar-refractivity contribution in [2.45, 2.75) is 57.4 Å². The summed E-state index contributed by atoms with van der Waals surface area (Å²) in [5.74, 6) is -0.145. The highest BCUT2D eigenvalue weighted by molar-refractivity contribution is 5.95. The third-order valence-corrected chi connectivity index (χ3v) is 4.04. The second-order valence-electron chi connectivity index (χ2n) is 6.68. The van der Waals surface area contributed by atoms with E-state index in [0.717, 1.165) is 25.7 Å². The molecule has 0 aliphatic heterocycles. The van der Waals surface area contributed by atoms with Crippen LogP contribution < -0.4 is 5.32 Å². The largest absolute Gasteiger partial charge is 0.334 e. The number of nitrogens with one attached hydrogen (secondary N) is 1. The molecule has 2 rings (SSSR count). The average molecular weight is 270 g/mol. The Morgan fingerprint density at radius 2 is 1.75 bits per heavy atom. The van der Waals surface area contributed by atoms with E-state index < -0.39 is 5.54 Å². The van der Waals surface area contributed by atoms with E-state index in [4.69, 9.17) is 0 Å². The molecule has 1 amide bonds. The van der Waals surface area contributed by atoms with Gasteiger partial charge >= 0.3 is 0 Å². The maximum atomic E-state index is 12.3. The molecule has 0 atom stereocenters. The number of rotatable bonds is 2. The third-order valence-electron chi connectivity index (χ3n) is 4.04. The molecule has 1 aromatic carbocycles. The van der Waals surface area contributed by atoms with Crippen LogP contribution in [-0.4, -0.2) is 11.4 Å². The van der Waals surface area contributed by atoms with Crippen LogP contribution in [0.2, 0.25) is 0 Å². The van der Waals surface area contributed by atoms with E-state index in [0.29, 0.717) is 5.56 Å². The number of hydrogen-bond donors (Lipinski definition) is 1. The van der Waals surface area contributed by atoms with E-state index in [1.165, 1.54) is 5.56 Å². The Hall–Kier alpha value is -1.82. The normalized spacial score (nSPS) is 17.5. The van der Waals surface area contributed by atoms with Crippen molar-refractivity contribution in [3.8, 4) is 6.07 Å². The van der Waals surface area contributed by atoms with Crippen LogP contribution in [0.25, 0.3) is 0 Å². The lowest BCUT2D eigenvalue weighted by atomic mass is 9.86. The molecule has 0 radical (unpaired) electrons. The standard InChI is InChI=1S/C17H22N2O/c1-16(2,3)14-8-6-13(7-9-14)15(20)19-17(12-18)10-4-5-11-17/h6-9H,4-5,10-11H2,1-3H3,(H,19,20). The van der Waals surface area contributed by atoms with Gasteiger partial charge < -0.3 is 5.32 Å². The van der Waals surface area contributed by atoms with E-state index in [-0.39, 0.29) is 11.3 Å². The van der Waals surface area contributed by atoms with Gasteiger partial charge in [-0.15, -0.1) is 0 Å². The lowest BCUT2D eigenvalue weighted by molar-refractivity contribution is 0.0920. The van der Waals surface area contributed by atoms with Crippen LogP contribution in [0.4, 0.5) is 0 Å². The lowest BCUT2D eigenvalue weighted by Crippen LogP contribution is -2.45. The van der Waals surface area contributed by atoms with Crippen LogP contribution in [0.15, 0.2) is 24.3 Å². The van der Waals surface area contributed by atoms with Gasteiger partial charge in [-0.1, -0.05) is 32.9 Å². The molecule has 1 aromatic rings. The Kier molecular flexibility index (Phi) is 3.85. The SMILES string of the molecule is CC(C)(C)c1ccc(C(=O)NC2(C#N)CCCC2)cc1. The van der Waals surface area contributed by atoms with Crippen molar-refractivity contribution in [2.24, 2.45) is 0 Å². The number of carbonyl (C=O) groups excluding carboxylic acids is 1. The first kappa shape index (κ1) is 14.6. The van der Waals surface area contributed by atoms with Crippen LogP contribution in [0.5, 0.6) is 0 Å². The minimum Gasteiger partial charge on any atom is -0.334 e. The van der Waals surface area contributed by atoms with Gasteiger partial charge in [0.2, 0.25) is 0 Å². The van der Waals surface area contributed by atoms with E-state index in [1.54, 1.807) is 0 Å². The first-order valence-electron chi connectivity index (χ1n) is 7.21. The topological polar surface area (TPSA) is 52.9 Å². The van der Waals surface area contributed by atoms with Crippen LogP contribution in [0.1, 0.15) is 62.4 Å². The zero-order valence-corrected chi connectivity index (χ0v) is 12.5. The summed E-state index contributed by atoms with van der Waals surface area (Å²) in [6.07, 6.45) is 3.54. The summed E-state index contributed by atoms with van der Waals surface area (Å²) in [5, 5.41) is 12.2. The monoisotopic (exact) mass is 270 g/mol. The summed E-state index contributed by atoms with van der Waals surface area (Å²) < 4.78 is 0. The molecule has 0 aromatic heterocycles. The van der Waals surface area contributed by atoms with Gasteiger partial charge in [-0.25, -0.2) is 0 Å². The van der Waals surface area contributed by atoms with Crippen molar-refractivity contribution in [1.82, 2.24) is 5.32 Å². The van der Waals surface area contributed by atoms with E-state index in [2.05, 4.69) is 32.2 Å². The number of hydrogen-bond acceptors (Lipinski definition) is 2. The fraction of sp³-hybridized carbons (Fsp3) is 0.529. The third kappa shape index (κ3) is 3.01.